The van der Waals surface area contributed by atoms with Crippen LogP contribution in [-0.4, -0.2) is 20.0 Å². The highest BCUT2D eigenvalue weighted by Crippen LogP contribution is 2.30. The molecule has 0 saturated heterocycles. The lowest BCUT2D eigenvalue weighted by molar-refractivity contribution is 0.291. The molecule has 1 aromatic heterocycles. The molecule has 1 aromatic rings. The predicted octanol–water partition coefficient (Wildman–Crippen LogP) is 1.83. The molecule has 90 valence electrons. The van der Waals surface area contributed by atoms with E-state index in [0.29, 0.717) is 0 Å². The Morgan fingerprint density at radius 2 is 1.88 bits per heavy atom. The summed E-state index contributed by atoms with van der Waals surface area (Å²) in [5, 5.41) is -1.19. The van der Waals surface area contributed by atoms with Crippen LogP contribution >= 0.6 is 10.7 Å². The van der Waals surface area contributed by atoms with Gasteiger partial charge in [-0.05, 0) is 6.92 Å². The third-order valence-corrected chi connectivity index (χ3v) is 2.66. The van der Waals surface area contributed by atoms with E-state index in [-0.39, 0.29) is 6.61 Å². The molecule has 0 atom stereocenters. The van der Waals surface area contributed by atoms with Crippen LogP contribution in [0.2, 0.25) is 0 Å². The molecule has 1 heterocycles. The van der Waals surface area contributed by atoms with E-state index < -0.39 is 37.4 Å². The first-order valence-corrected chi connectivity index (χ1v) is 6.22. The summed E-state index contributed by atoms with van der Waals surface area (Å²) in [4.78, 5) is 2.70. The zero-order chi connectivity index (χ0) is 12.5. The average Bonchev–Trinajstić information content (AvgIpc) is 2.17. The highest BCUT2D eigenvalue weighted by Gasteiger charge is 2.28. The van der Waals surface area contributed by atoms with Gasteiger partial charge >= 0.3 is 0 Å². The zero-order valence-electron chi connectivity index (χ0n) is 7.80. The fourth-order valence-electron chi connectivity index (χ4n) is 0.908. The molecule has 0 saturated carbocycles. The van der Waals surface area contributed by atoms with Crippen molar-refractivity contribution in [3.8, 4) is 5.75 Å². The minimum Gasteiger partial charge on any atom is -0.488 e. The highest BCUT2D eigenvalue weighted by atomic mass is 35.7. The van der Waals surface area contributed by atoms with Gasteiger partial charge in [-0.2, -0.15) is 13.2 Å². The zero-order valence-corrected chi connectivity index (χ0v) is 9.37. The fraction of sp³-hybridized carbons (Fsp3) is 0.286. The lowest BCUT2D eigenvalue weighted by Gasteiger charge is -2.08. The Bertz CT molecular complexity index is 520. The lowest BCUT2D eigenvalue weighted by Crippen LogP contribution is -2.09. The van der Waals surface area contributed by atoms with Crippen molar-refractivity contribution in [3.05, 3.63) is 17.6 Å². The van der Waals surface area contributed by atoms with E-state index in [1.165, 1.54) is 6.92 Å². The molecule has 16 heavy (non-hydrogen) atoms. The molecule has 0 aliphatic carbocycles. The van der Waals surface area contributed by atoms with Gasteiger partial charge in [0.1, 0.15) is 0 Å². The van der Waals surface area contributed by atoms with Gasteiger partial charge in [0.2, 0.25) is 16.7 Å². The van der Waals surface area contributed by atoms with Crippen molar-refractivity contribution in [1.82, 2.24) is 4.98 Å². The number of halogens is 4. The van der Waals surface area contributed by atoms with Crippen molar-refractivity contribution >= 4 is 19.7 Å². The molecule has 0 amide bonds. The molecule has 9 heteroatoms. The lowest BCUT2D eigenvalue weighted by atomic mass is 10.4. The van der Waals surface area contributed by atoms with Gasteiger partial charge in [-0.1, -0.05) is 0 Å². The van der Waals surface area contributed by atoms with Gasteiger partial charge in [0, 0.05) is 10.7 Å². The molecular formula is C7H5ClF3NO3S. The third kappa shape index (κ3) is 2.38. The van der Waals surface area contributed by atoms with Gasteiger partial charge in [0.15, 0.2) is 5.75 Å². The van der Waals surface area contributed by atoms with Crippen molar-refractivity contribution < 1.29 is 26.3 Å². The highest BCUT2D eigenvalue weighted by molar-refractivity contribution is 8.13. The number of nitrogens with zero attached hydrogens (tertiary/aromatic N) is 1. The van der Waals surface area contributed by atoms with Crippen molar-refractivity contribution in [1.29, 1.82) is 0 Å². The van der Waals surface area contributed by atoms with Gasteiger partial charge in [0.25, 0.3) is 15.0 Å². The van der Waals surface area contributed by atoms with Gasteiger partial charge < -0.3 is 4.74 Å². The molecular weight excluding hydrogens is 271 g/mol. The Kier molecular flexibility index (Phi) is 3.64. The monoisotopic (exact) mass is 275 g/mol. The smallest absolute Gasteiger partial charge is 0.282 e. The maximum atomic E-state index is 13.1. The first-order valence-electron chi connectivity index (χ1n) is 3.91. The molecule has 0 aliphatic rings. The van der Waals surface area contributed by atoms with Crippen molar-refractivity contribution in [2.45, 2.75) is 11.9 Å². The fourth-order valence-corrected chi connectivity index (χ4v) is 1.78. The van der Waals surface area contributed by atoms with Crippen LogP contribution in [0, 0.1) is 17.6 Å². The summed E-state index contributed by atoms with van der Waals surface area (Å²) in [5.41, 5.74) is 0. The minimum absolute atomic E-state index is 0.164. The molecule has 0 radical (unpaired) electrons. The van der Waals surface area contributed by atoms with E-state index in [0.717, 1.165) is 0 Å². The Morgan fingerprint density at radius 1 is 1.31 bits per heavy atom. The van der Waals surface area contributed by atoms with E-state index in [4.69, 9.17) is 10.7 Å². The maximum absolute atomic E-state index is 13.1. The Labute approximate surface area is 93.4 Å². The van der Waals surface area contributed by atoms with Crippen molar-refractivity contribution in [3.63, 3.8) is 0 Å². The minimum atomic E-state index is -4.53. The van der Waals surface area contributed by atoms with Gasteiger partial charge in [-0.3, -0.25) is 0 Å². The molecule has 0 aliphatic heterocycles. The standard InChI is InChI=1S/C7H5ClF3NO3S/c1-2-15-5-3(9)4(10)6(11)12-7(5)16(8,13)14/h2H2,1H3. The number of hydrogen-bond donors (Lipinski definition) is 0. The number of pyridine rings is 1. The quantitative estimate of drug-likeness (QED) is 0.624. The number of aromatic nitrogens is 1. The number of ether oxygens (including phenoxy) is 1. The first kappa shape index (κ1) is 13.0. The maximum Gasteiger partial charge on any atom is 0.282 e. The second-order valence-corrected chi connectivity index (χ2v) is 5.02. The molecule has 0 aromatic carbocycles. The SMILES string of the molecule is CCOc1c(S(=O)(=O)Cl)nc(F)c(F)c1F. The second kappa shape index (κ2) is 4.46. The average molecular weight is 276 g/mol. The van der Waals surface area contributed by atoms with Gasteiger partial charge in [-0.15, -0.1) is 0 Å². The van der Waals surface area contributed by atoms with Crippen LogP contribution in [0.25, 0.3) is 0 Å². The topological polar surface area (TPSA) is 56.3 Å². The summed E-state index contributed by atoms with van der Waals surface area (Å²) in [7, 11) is 0.342. The molecule has 4 nitrogen and oxygen atoms in total. The number of rotatable bonds is 3. The van der Waals surface area contributed by atoms with E-state index in [2.05, 4.69) is 9.72 Å². The third-order valence-electron chi connectivity index (χ3n) is 1.49. The molecule has 0 N–H and O–H groups in total. The summed E-state index contributed by atoms with van der Waals surface area (Å²) >= 11 is 0. The normalized spacial score (nSPS) is 11.6. The summed E-state index contributed by atoms with van der Waals surface area (Å²) in [6, 6.07) is 0. The van der Waals surface area contributed by atoms with Crippen LogP contribution in [0.3, 0.4) is 0 Å². The van der Waals surface area contributed by atoms with Crippen molar-refractivity contribution in [2.24, 2.45) is 0 Å². The van der Waals surface area contributed by atoms with Crippen LogP contribution in [0.1, 0.15) is 6.92 Å². The predicted molar refractivity (Wildman–Crippen MR) is 48.3 cm³/mol. The first-order chi connectivity index (χ1) is 7.29. The largest absolute Gasteiger partial charge is 0.488 e. The van der Waals surface area contributed by atoms with E-state index in [1.807, 2.05) is 0 Å². The van der Waals surface area contributed by atoms with Crippen LogP contribution in [0.4, 0.5) is 13.2 Å². The Morgan fingerprint density at radius 3 is 2.31 bits per heavy atom. The van der Waals surface area contributed by atoms with E-state index in [1.54, 1.807) is 0 Å². The summed E-state index contributed by atoms with van der Waals surface area (Å²) < 4.78 is 64.9. The van der Waals surface area contributed by atoms with E-state index in [9.17, 15) is 21.6 Å². The molecule has 0 spiro atoms. The van der Waals surface area contributed by atoms with Crippen LogP contribution in [0.15, 0.2) is 5.03 Å². The van der Waals surface area contributed by atoms with Crippen LogP contribution in [0.5, 0.6) is 5.75 Å². The molecule has 0 unspecified atom stereocenters. The van der Waals surface area contributed by atoms with E-state index >= 15 is 0 Å². The summed E-state index contributed by atoms with van der Waals surface area (Å²) in [6.45, 7) is 1.23. The molecule has 0 fully saturated rings. The van der Waals surface area contributed by atoms with Gasteiger partial charge in [-0.25, -0.2) is 13.4 Å². The van der Waals surface area contributed by atoms with Crippen LogP contribution in [-0.2, 0) is 9.05 Å². The Hall–Kier alpha value is -1.02. The Balaban J connectivity index is 3.60. The van der Waals surface area contributed by atoms with Gasteiger partial charge in [0.05, 0.1) is 6.61 Å². The summed E-state index contributed by atoms with van der Waals surface area (Å²) in [6.07, 6.45) is 0. The van der Waals surface area contributed by atoms with Crippen LogP contribution < -0.4 is 4.74 Å². The second-order valence-electron chi connectivity index (χ2n) is 2.54. The number of hydrogen-bond acceptors (Lipinski definition) is 4. The summed E-state index contributed by atoms with van der Waals surface area (Å²) in [5.74, 6) is -6.64. The molecule has 1 rings (SSSR count). The van der Waals surface area contributed by atoms with Crippen molar-refractivity contribution in [2.75, 3.05) is 6.61 Å². The molecule has 0 bridgehead atoms.